The molecule has 136 valence electrons. The zero-order valence-electron chi connectivity index (χ0n) is 14.9. The van der Waals surface area contributed by atoms with E-state index in [-0.39, 0.29) is 12.7 Å². The first kappa shape index (κ1) is 16.9. The number of carbonyl (C=O) groups excluding carboxylic acids is 1. The van der Waals surface area contributed by atoms with E-state index < -0.39 is 0 Å². The van der Waals surface area contributed by atoms with Crippen LogP contribution in [0.3, 0.4) is 0 Å². The number of nitrogens with one attached hydrogen (secondary N) is 2. The number of hydrogen-bond donors (Lipinski definition) is 2. The van der Waals surface area contributed by atoms with Gasteiger partial charge < -0.3 is 20.1 Å². The third-order valence-electron chi connectivity index (χ3n) is 4.24. The molecule has 4 rings (SSSR count). The van der Waals surface area contributed by atoms with E-state index in [2.05, 4.69) is 15.6 Å². The van der Waals surface area contributed by atoms with Gasteiger partial charge in [0.15, 0.2) is 11.5 Å². The molecule has 0 spiro atoms. The van der Waals surface area contributed by atoms with E-state index in [1.54, 1.807) is 18.3 Å². The van der Waals surface area contributed by atoms with Gasteiger partial charge in [-0.25, -0.2) is 4.98 Å². The lowest BCUT2D eigenvalue weighted by Crippen LogP contribution is -2.22. The molecule has 0 saturated heterocycles. The molecule has 0 atom stereocenters. The largest absolute Gasteiger partial charge is 0.454 e. The first-order valence-electron chi connectivity index (χ1n) is 8.64. The second-order valence-corrected chi connectivity index (χ2v) is 6.29. The lowest BCUT2D eigenvalue weighted by molar-refractivity contribution is 0.0950. The van der Waals surface area contributed by atoms with Crippen LogP contribution in [0.15, 0.2) is 60.8 Å². The highest BCUT2D eigenvalue weighted by atomic mass is 16.7. The van der Waals surface area contributed by atoms with Crippen LogP contribution in [0.2, 0.25) is 0 Å². The summed E-state index contributed by atoms with van der Waals surface area (Å²) >= 11 is 0. The van der Waals surface area contributed by atoms with E-state index in [9.17, 15) is 4.79 Å². The molecule has 2 N–H and O–H groups in total. The van der Waals surface area contributed by atoms with Gasteiger partial charge in [0.2, 0.25) is 6.79 Å². The maximum absolute atomic E-state index is 12.5. The lowest BCUT2D eigenvalue weighted by Gasteiger charge is -2.09. The molecule has 1 aromatic heterocycles. The van der Waals surface area contributed by atoms with Gasteiger partial charge in [-0.15, -0.1) is 0 Å². The molecule has 0 radical (unpaired) electrons. The highest BCUT2D eigenvalue weighted by molar-refractivity contribution is 5.94. The fourth-order valence-corrected chi connectivity index (χ4v) is 2.76. The number of anilines is 2. The maximum atomic E-state index is 12.5. The van der Waals surface area contributed by atoms with E-state index in [4.69, 9.17) is 9.47 Å². The smallest absolute Gasteiger partial charge is 0.251 e. The summed E-state index contributed by atoms with van der Waals surface area (Å²) in [4.78, 5) is 16.8. The molecule has 3 aromatic rings. The fraction of sp³-hybridized carbons (Fsp3) is 0.143. The molecule has 2 aromatic carbocycles. The summed E-state index contributed by atoms with van der Waals surface area (Å²) in [5, 5.41) is 6.12. The Balaban J connectivity index is 1.40. The van der Waals surface area contributed by atoms with Crippen LogP contribution in [0.25, 0.3) is 0 Å². The van der Waals surface area contributed by atoms with Crippen LogP contribution in [0.5, 0.6) is 11.5 Å². The Labute approximate surface area is 157 Å². The Morgan fingerprint density at radius 2 is 1.85 bits per heavy atom. The monoisotopic (exact) mass is 361 g/mol. The van der Waals surface area contributed by atoms with E-state index in [0.717, 1.165) is 17.0 Å². The first-order chi connectivity index (χ1) is 13.2. The number of aromatic nitrogens is 1. The molecule has 0 unspecified atom stereocenters. The predicted octanol–water partition coefficient (Wildman–Crippen LogP) is 3.79. The van der Waals surface area contributed by atoms with Crippen LogP contribution >= 0.6 is 0 Å². The van der Waals surface area contributed by atoms with Gasteiger partial charge in [-0.05, 0) is 48.9 Å². The summed E-state index contributed by atoms with van der Waals surface area (Å²) in [6, 6.07) is 17.0. The molecule has 1 amide bonds. The number of hydrogen-bond acceptors (Lipinski definition) is 5. The van der Waals surface area contributed by atoms with Crippen molar-refractivity contribution in [3.63, 3.8) is 0 Å². The Hall–Kier alpha value is -3.54. The third-order valence-corrected chi connectivity index (χ3v) is 4.24. The number of benzene rings is 2. The summed E-state index contributed by atoms with van der Waals surface area (Å²) < 4.78 is 10.7. The highest BCUT2D eigenvalue weighted by Gasteiger charge is 2.14. The SMILES string of the molecule is Cc1ccc(Nc2cc(C(=O)NCc3ccc4c(c3)OCO4)ccn2)cc1. The topological polar surface area (TPSA) is 72.5 Å². The van der Waals surface area contributed by atoms with E-state index >= 15 is 0 Å². The van der Waals surface area contributed by atoms with E-state index in [0.29, 0.717) is 23.7 Å². The minimum absolute atomic E-state index is 0.165. The van der Waals surface area contributed by atoms with Gasteiger partial charge in [-0.3, -0.25) is 4.79 Å². The second kappa shape index (κ2) is 7.37. The molecule has 27 heavy (non-hydrogen) atoms. The molecular formula is C21H19N3O3. The molecule has 0 bridgehead atoms. The minimum atomic E-state index is -0.165. The normalized spacial score (nSPS) is 11.9. The highest BCUT2D eigenvalue weighted by Crippen LogP contribution is 2.32. The average Bonchev–Trinajstić information content (AvgIpc) is 3.16. The van der Waals surface area contributed by atoms with Crippen LogP contribution < -0.4 is 20.1 Å². The number of pyridine rings is 1. The summed E-state index contributed by atoms with van der Waals surface area (Å²) in [6.07, 6.45) is 1.62. The number of rotatable bonds is 5. The third kappa shape index (κ3) is 4.00. The van der Waals surface area contributed by atoms with Gasteiger partial charge in [0.1, 0.15) is 5.82 Å². The Kier molecular flexibility index (Phi) is 4.61. The standard InChI is InChI=1S/C21H19N3O3/c1-14-2-5-17(6-3-14)24-20-11-16(8-9-22-20)21(25)23-12-15-4-7-18-19(10-15)27-13-26-18/h2-11H,12-13H2,1H3,(H,22,24)(H,23,25). The number of amides is 1. The van der Waals surface area contributed by atoms with Gasteiger partial charge in [0.25, 0.3) is 5.91 Å². The van der Waals surface area contributed by atoms with Gasteiger partial charge in [0.05, 0.1) is 0 Å². The lowest BCUT2D eigenvalue weighted by atomic mass is 10.2. The Bertz CT molecular complexity index is 971. The Morgan fingerprint density at radius 1 is 1.04 bits per heavy atom. The first-order valence-corrected chi connectivity index (χ1v) is 8.64. The molecule has 1 aliphatic rings. The van der Waals surface area contributed by atoms with Gasteiger partial charge >= 0.3 is 0 Å². The average molecular weight is 361 g/mol. The summed E-state index contributed by atoms with van der Waals surface area (Å²) in [6.45, 7) is 2.67. The number of ether oxygens (including phenoxy) is 2. The van der Waals surface area contributed by atoms with E-state index in [1.807, 2.05) is 49.4 Å². The van der Waals surface area contributed by atoms with Gasteiger partial charge in [-0.1, -0.05) is 23.8 Å². The predicted molar refractivity (Wildman–Crippen MR) is 102 cm³/mol. The van der Waals surface area contributed by atoms with Crippen LogP contribution in [0.4, 0.5) is 11.5 Å². The number of nitrogens with zero attached hydrogens (tertiary/aromatic N) is 1. The van der Waals surface area contributed by atoms with Crippen LogP contribution in [-0.2, 0) is 6.54 Å². The van der Waals surface area contributed by atoms with Crippen molar-refractivity contribution >= 4 is 17.4 Å². The number of carbonyl (C=O) groups is 1. The van der Waals surface area contributed by atoms with Gasteiger partial charge in [0, 0.05) is 24.0 Å². The summed E-state index contributed by atoms with van der Waals surface area (Å²) in [5.41, 5.74) is 3.59. The van der Waals surface area contributed by atoms with Crippen LogP contribution in [0, 0.1) is 6.92 Å². The second-order valence-electron chi connectivity index (χ2n) is 6.29. The molecule has 2 heterocycles. The van der Waals surface area contributed by atoms with Crippen LogP contribution in [-0.4, -0.2) is 17.7 Å². The van der Waals surface area contributed by atoms with Gasteiger partial charge in [-0.2, -0.15) is 0 Å². The molecule has 0 fully saturated rings. The van der Waals surface area contributed by atoms with Crippen LogP contribution in [0.1, 0.15) is 21.5 Å². The quantitative estimate of drug-likeness (QED) is 0.723. The molecule has 1 aliphatic heterocycles. The van der Waals surface area contributed by atoms with Crippen molar-refractivity contribution in [3.8, 4) is 11.5 Å². The zero-order chi connectivity index (χ0) is 18.6. The molecule has 6 nitrogen and oxygen atoms in total. The molecule has 0 aliphatic carbocycles. The van der Waals surface area contributed by atoms with Crippen molar-refractivity contribution in [1.82, 2.24) is 10.3 Å². The summed E-state index contributed by atoms with van der Waals surface area (Å²) in [7, 11) is 0. The molecule has 6 heteroatoms. The zero-order valence-corrected chi connectivity index (χ0v) is 14.9. The molecule has 0 saturated carbocycles. The van der Waals surface area contributed by atoms with Crippen molar-refractivity contribution in [2.75, 3.05) is 12.1 Å². The van der Waals surface area contributed by atoms with Crippen molar-refractivity contribution in [3.05, 3.63) is 77.5 Å². The number of fused-ring (bicyclic) bond motifs is 1. The number of aryl methyl sites for hydroxylation is 1. The minimum Gasteiger partial charge on any atom is -0.454 e. The van der Waals surface area contributed by atoms with Crippen molar-refractivity contribution in [2.45, 2.75) is 13.5 Å². The maximum Gasteiger partial charge on any atom is 0.251 e. The van der Waals surface area contributed by atoms with Crippen molar-refractivity contribution in [2.24, 2.45) is 0 Å². The van der Waals surface area contributed by atoms with E-state index in [1.165, 1.54) is 5.56 Å². The van der Waals surface area contributed by atoms with Crippen molar-refractivity contribution in [1.29, 1.82) is 0 Å². The summed E-state index contributed by atoms with van der Waals surface area (Å²) in [5.74, 6) is 1.89. The molecular weight excluding hydrogens is 342 g/mol. The van der Waals surface area contributed by atoms with Crippen molar-refractivity contribution < 1.29 is 14.3 Å². The Morgan fingerprint density at radius 3 is 2.70 bits per heavy atom. The fourth-order valence-electron chi connectivity index (χ4n) is 2.76.